The van der Waals surface area contributed by atoms with Crippen LogP contribution in [0.25, 0.3) is 0 Å². The molecule has 134 valence electrons. The van der Waals surface area contributed by atoms with Crippen molar-refractivity contribution in [1.82, 2.24) is 4.72 Å². The van der Waals surface area contributed by atoms with Crippen LogP contribution < -0.4 is 14.9 Å². The lowest BCUT2D eigenvalue weighted by molar-refractivity contribution is -0.115. The highest BCUT2D eigenvalue weighted by atomic mass is 32.2. The number of rotatable bonds is 6. The summed E-state index contributed by atoms with van der Waals surface area (Å²) < 4.78 is 39.7. The first-order valence-corrected chi connectivity index (χ1v) is 9.00. The molecule has 0 aliphatic rings. The van der Waals surface area contributed by atoms with Crippen LogP contribution in [0.2, 0.25) is 0 Å². The van der Waals surface area contributed by atoms with Crippen LogP contribution in [0.15, 0.2) is 47.4 Å². The summed E-state index contributed by atoms with van der Waals surface area (Å²) in [6.45, 7) is 1.07. The summed E-state index contributed by atoms with van der Waals surface area (Å²) in [6, 6.07) is 10.5. The molecule has 0 saturated carbocycles. The van der Waals surface area contributed by atoms with Gasteiger partial charge in [0.1, 0.15) is 5.82 Å². The van der Waals surface area contributed by atoms with Crippen LogP contribution >= 0.6 is 0 Å². The first-order valence-electron chi connectivity index (χ1n) is 7.52. The molecule has 0 radical (unpaired) electrons. The Balaban J connectivity index is 1.99. The summed E-state index contributed by atoms with van der Waals surface area (Å²) in [7, 11) is -0.0920. The van der Waals surface area contributed by atoms with Gasteiger partial charge in [-0.25, -0.2) is 17.5 Å². The molecule has 2 aromatic carbocycles. The summed E-state index contributed by atoms with van der Waals surface area (Å²) in [6.07, 6.45) is 0. The number of hydrogen-bond acceptors (Lipinski definition) is 4. The molecule has 8 heteroatoms. The smallest absolute Gasteiger partial charge is 0.241 e. The highest BCUT2D eigenvalue weighted by molar-refractivity contribution is 7.89. The lowest BCUT2D eigenvalue weighted by atomic mass is 10.2. The molecule has 0 aliphatic carbocycles. The monoisotopic (exact) mass is 365 g/mol. The zero-order chi connectivity index (χ0) is 18.6. The van der Waals surface area contributed by atoms with Crippen molar-refractivity contribution >= 4 is 27.3 Å². The van der Waals surface area contributed by atoms with E-state index in [9.17, 15) is 17.6 Å². The number of aryl methyl sites for hydroxylation is 1. The SMILES string of the molecule is Cc1cc(F)ccc1S(=O)(=O)NCC(=O)Nc1ccc(N(C)C)cc1. The molecule has 2 rings (SSSR count). The van der Waals surface area contributed by atoms with E-state index in [4.69, 9.17) is 0 Å². The van der Waals surface area contributed by atoms with Crippen molar-refractivity contribution in [3.8, 4) is 0 Å². The van der Waals surface area contributed by atoms with Gasteiger partial charge in [-0.15, -0.1) is 0 Å². The first-order chi connectivity index (χ1) is 11.7. The zero-order valence-electron chi connectivity index (χ0n) is 14.2. The van der Waals surface area contributed by atoms with Gasteiger partial charge in [0.25, 0.3) is 0 Å². The Kier molecular flexibility index (Phi) is 5.76. The Labute approximate surface area is 146 Å². The third-order valence-electron chi connectivity index (χ3n) is 3.52. The molecule has 0 unspecified atom stereocenters. The van der Waals surface area contributed by atoms with E-state index in [1.54, 1.807) is 12.1 Å². The van der Waals surface area contributed by atoms with Gasteiger partial charge in [0.05, 0.1) is 11.4 Å². The Morgan fingerprint density at radius 3 is 2.32 bits per heavy atom. The van der Waals surface area contributed by atoms with Crippen molar-refractivity contribution in [3.05, 3.63) is 53.8 Å². The van der Waals surface area contributed by atoms with Crippen LogP contribution in [-0.2, 0) is 14.8 Å². The van der Waals surface area contributed by atoms with E-state index in [2.05, 4.69) is 10.0 Å². The summed E-state index contributed by atoms with van der Waals surface area (Å²) in [5.74, 6) is -1.02. The molecular weight excluding hydrogens is 345 g/mol. The molecule has 1 amide bonds. The van der Waals surface area contributed by atoms with Gasteiger partial charge in [-0.2, -0.15) is 0 Å². The fourth-order valence-electron chi connectivity index (χ4n) is 2.20. The third-order valence-corrected chi connectivity index (χ3v) is 5.08. The van der Waals surface area contributed by atoms with Crippen LogP contribution in [0.1, 0.15) is 5.56 Å². The molecule has 2 N–H and O–H groups in total. The number of carbonyl (C=O) groups is 1. The number of anilines is 2. The first kappa shape index (κ1) is 18.9. The van der Waals surface area contributed by atoms with Gasteiger partial charge in [0.2, 0.25) is 15.9 Å². The van der Waals surface area contributed by atoms with Crippen molar-refractivity contribution in [2.75, 3.05) is 30.9 Å². The Morgan fingerprint density at radius 1 is 1.12 bits per heavy atom. The van der Waals surface area contributed by atoms with E-state index in [0.717, 1.165) is 17.8 Å². The molecule has 2 aromatic rings. The molecule has 0 spiro atoms. The minimum atomic E-state index is -3.90. The maximum Gasteiger partial charge on any atom is 0.241 e. The molecular formula is C17H20FN3O3S. The summed E-state index contributed by atoms with van der Waals surface area (Å²) in [5, 5.41) is 2.61. The van der Waals surface area contributed by atoms with Crippen molar-refractivity contribution in [2.45, 2.75) is 11.8 Å². The van der Waals surface area contributed by atoms with E-state index in [-0.39, 0.29) is 10.5 Å². The van der Waals surface area contributed by atoms with E-state index < -0.39 is 28.3 Å². The van der Waals surface area contributed by atoms with Crippen molar-refractivity contribution in [1.29, 1.82) is 0 Å². The Morgan fingerprint density at radius 2 is 1.76 bits per heavy atom. The van der Waals surface area contributed by atoms with Crippen LogP contribution in [0.3, 0.4) is 0 Å². The van der Waals surface area contributed by atoms with Crippen LogP contribution in [-0.4, -0.2) is 35.0 Å². The summed E-state index contributed by atoms with van der Waals surface area (Å²) in [5.41, 5.74) is 1.81. The number of benzene rings is 2. The molecule has 6 nitrogen and oxygen atoms in total. The molecule has 25 heavy (non-hydrogen) atoms. The second-order valence-electron chi connectivity index (χ2n) is 5.72. The third kappa shape index (κ3) is 5.01. The van der Waals surface area contributed by atoms with Gasteiger partial charge in [-0.1, -0.05) is 0 Å². The predicted molar refractivity (Wildman–Crippen MR) is 95.7 cm³/mol. The molecule has 0 saturated heterocycles. The average molecular weight is 365 g/mol. The number of nitrogens with one attached hydrogen (secondary N) is 2. The maximum atomic E-state index is 13.1. The molecule has 0 bridgehead atoms. The summed E-state index contributed by atoms with van der Waals surface area (Å²) in [4.78, 5) is 13.8. The quantitative estimate of drug-likeness (QED) is 0.822. The summed E-state index contributed by atoms with van der Waals surface area (Å²) >= 11 is 0. The van der Waals surface area contributed by atoms with E-state index in [1.807, 2.05) is 31.1 Å². The van der Waals surface area contributed by atoms with E-state index >= 15 is 0 Å². The van der Waals surface area contributed by atoms with Gasteiger partial charge in [-0.05, 0) is 55.0 Å². The second kappa shape index (κ2) is 7.62. The molecule has 0 aliphatic heterocycles. The van der Waals surface area contributed by atoms with Crippen LogP contribution in [0, 0.1) is 12.7 Å². The number of nitrogens with zero attached hydrogens (tertiary/aromatic N) is 1. The zero-order valence-corrected chi connectivity index (χ0v) is 15.0. The van der Waals surface area contributed by atoms with Gasteiger partial charge in [-0.3, -0.25) is 4.79 Å². The normalized spacial score (nSPS) is 11.2. The molecule has 0 fully saturated rings. The predicted octanol–water partition coefficient (Wildman–Crippen LogP) is 2.12. The van der Waals surface area contributed by atoms with Gasteiger partial charge in [0.15, 0.2) is 0 Å². The topological polar surface area (TPSA) is 78.5 Å². The van der Waals surface area contributed by atoms with Crippen molar-refractivity contribution in [3.63, 3.8) is 0 Å². The average Bonchev–Trinajstić information content (AvgIpc) is 2.53. The molecule has 0 heterocycles. The Hall–Kier alpha value is -2.45. The van der Waals surface area contributed by atoms with Gasteiger partial charge < -0.3 is 10.2 Å². The fraction of sp³-hybridized carbons (Fsp3) is 0.235. The van der Waals surface area contributed by atoms with E-state index in [1.165, 1.54) is 13.0 Å². The molecule has 0 atom stereocenters. The number of amides is 1. The van der Waals surface area contributed by atoms with Gasteiger partial charge >= 0.3 is 0 Å². The minimum absolute atomic E-state index is 0.0583. The lowest BCUT2D eigenvalue weighted by Gasteiger charge is -2.13. The van der Waals surface area contributed by atoms with Crippen LogP contribution in [0.4, 0.5) is 15.8 Å². The number of carbonyl (C=O) groups excluding carboxylic acids is 1. The van der Waals surface area contributed by atoms with Crippen LogP contribution in [0.5, 0.6) is 0 Å². The second-order valence-corrected chi connectivity index (χ2v) is 7.46. The highest BCUT2D eigenvalue weighted by Crippen LogP contribution is 2.17. The number of sulfonamides is 1. The van der Waals surface area contributed by atoms with E-state index in [0.29, 0.717) is 5.69 Å². The fourth-order valence-corrected chi connectivity index (χ4v) is 3.41. The largest absolute Gasteiger partial charge is 0.378 e. The maximum absolute atomic E-state index is 13.1. The van der Waals surface area contributed by atoms with Gasteiger partial charge in [0, 0.05) is 25.5 Å². The minimum Gasteiger partial charge on any atom is -0.378 e. The lowest BCUT2D eigenvalue weighted by Crippen LogP contribution is -2.33. The van der Waals surface area contributed by atoms with Crippen molar-refractivity contribution in [2.24, 2.45) is 0 Å². The number of halogens is 1. The standard InChI is InChI=1S/C17H20FN3O3S/c1-12-10-13(18)4-9-16(12)25(23,24)19-11-17(22)20-14-5-7-15(8-6-14)21(2)3/h4-10,19H,11H2,1-3H3,(H,20,22). The molecule has 0 aromatic heterocycles. The Bertz CT molecular complexity index is 865. The number of hydrogen-bond donors (Lipinski definition) is 2. The highest BCUT2D eigenvalue weighted by Gasteiger charge is 2.18. The van der Waals surface area contributed by atoms with Crippen molar-refractivity contribution < 1.29 is 17.6 Å².